The number of nitrogens with zero attached hydrogens (tertiary/aromatic N) is 1. The fourth-order valence-electron chi connectivity index (χ4n) is 3.04. The third kappa shape index (κ3) is 5.45. The molecule has 0 atom stereocenters. The Morgan fingerprint density at radius 3 is 2.36 bits per heavy atom. The lowest BCUT2D eigenvalue weighted by Crippen LogP contribution is -2.05. The second-order valence-electron chi connectivity index (χ2n) is 6.91. The second-order valence-corrected chi connectivity index (χ2v) is 8.60. The number of esters is 1. The SMILES string of the molecule is COc1cc(/C=C2\N=C(c3ccc(Cl)cc3Cl)OC2=O)cc(Cl)c1OCc1ccc(Cl)cc1. The van der Waals surface area contributed by atoms with E-state index >= 15 is 0 Å². The van der Waals surface area contributed by atoms with Crippen LogP contribution in [-0.4, -0.2) is 19.0 Å². The van der Waals surface area contributed by atoms with Crippen LogP contribution in [0, 0.1) is 0 Å². The third-order valence-electron chi connectivity index (χ3n) is 4.63. The van der Waals surface area contributed by atoms with E-state index in [1.807, 2.05) is 12.1 Å². The van der Waals surface area contributed by atoms with Gasteiger partial charge in [0.1, 0.15) is 6.61 Å². The molecule has 0 aromatic heterocycles. The van der Waals surface area contributed by atoms with Gasteiger partial charge in [0.2, 0.25) is 5.90 Å². The Kier molecular flexibility index (Phi) is 7.15. The lowest BCUT2D eigenvalue weighted by molar-refractivity contribution is -0.129. The highest BCUT2D eigenvalue weighted by atomic mass is 35.5. The number of hydrogen-bond donors (Lipinski definition) is 0. The summed E-state index contributed by atoms with van der Waals surface area (Å²) in [4.78, 5) is 16.6. The summed E-state index contributed by atoms with van der Waals surface area (Å²) in [5.41, 5.74) is 2.04. The zero-order chi connectivity index (χ0) is 23.5. The van der Waals surface area contributed by atoms with Crippen LogP contribution in [0.3, 0.4) is 0 Å². The molecule has 0 fully saturated rings. The number of carbonyl (C=O) groups is 1. The van der Waals surface area contributed by atoms with Crippen molar-refractivity contribution in [3.8, 4) is 11.5 Å². The predicted molar refractivity (Wildman–Crippen MR) is 131 cm³/mol. The number of benzene rings is 3. The van der Waals surface area contributed by atoms with Crippen molar-refractivity contribution in [3.63, 3.8) is 0 Å². The molecule has 1 heterocycles. The van der Waals surface area contributed by atoms with Crippen LogP contribution in [0.2, 0.25) is 20.1 Å². The molecule has 0 N–H and O–H groups in total. The molecule has 0 unspecified atom stereocenters. The Morgan fingerprint density at radius 2 is 1.67 bits per heavy atom. The van der Waals surface area contributed by atoms with Gasteiger partial charge in [0.05, 0.1) is 22.7 Å². The van der Waals surface area contributed by atoms with E-state index in [2.05, 4.69) is 4.99 Å². The average molecular weight is 523 g/mol. The molecule has 0 saturated carbocycles. The summed E-state index contributed by atoms with van der Waals surface area (Å²) < 4.78 is 16.6. The molecule has 0 amide bonds. The average Bonchev–Trinajstić information content (AvgIpc) is 3.13. The monoisotopic (exact) mass is 521 g/mol. The quantitative estimate of drug-likeness (QED) is 0.253. The van der Waals surface area contributed by atoms with Gasteiger partial charge in [-0.25, -0.2) is 9.79 Å². The molecule has 0 aliphatic carbocycles. The lowest BCUT2D eigenvalue weighted by atomic mass is 10.1. The summed E-state index contributed by atoms with van der Waals surface area (Å²) in [6.45, 7) is 0.273. The van der Waals surface area contributed by atoms with Crippen LogP contribution in [0.5, 0.6) is 11.5 Å². The van der Waals surface area contributed by atoms with Crippen molar-refractivity contribution < 1.29 is 19.0 Å². The highest BCUT2D eigenvalue weighted by Crippen LogP contribution is 2.38. The van der Waals surface area contributed by atoms with E-state index < -0.39 is 5.97 Å². The molecule has 9 heteroatoms. The van der Waals surface area contributed by atoms with Gasteiger partial charge in [-0.3, -0.25) is 0 Å². The van der Waals surface area contributed by atoms with Crippen molar-refractivity contribution in [1.82, 2.24) is 0 Å². The topological polar surface area (TPSA) is 57.1 Å². The van der Waals surface area contributed by atoms with Gasteiger partial charge in [-0.2, -0.15) is 0 Å². The molecule has 0 spiro atoms. The molecule has 0 bridgehead atoms. The number of halogens is 4. The number of rotatable bonds is 6. The van der Waals surface area contributed by atoms with Crippen molar-refractivity contribution in [1.29, 1.82) is 0 Å². The van der Waals surface area contributed by atoms with Crippen LogP contribution in [0.25, 0.3) is 6.08 Å². The van der Waals surface area contributed by atoms with Crippen molar-refractivity contribution in [2.45, 2.75) is 6.61 Å². The summed E-state index contributed by atoms with van der Waals surface area (Å²) >= 11 is 24.5. The Hall–Kier alpha value is -2.70. The number of aliphatic imine (C=N–C) groups is 1. The van der Waals surface area contributed by atoms with Gasteiger partial charge in [0, 0.05) is 10.0 Å². The zero-order valence-corrected chi connectivity index (χ0v) is 20.1. The van der Waals surface area contributed by atoms with E-state index in [-0.39, 0.29) is 18.2 Å². The first kappa shape index (κ1) is 23.5. The number of carbonyl (C=O) groups excluding carboxylic acids is 1. The molecule has 3 aromatic carbocycles. The number of methoxy groups -OCH3 is 1. The molecule has 4 rings (SSSR count). The Balaban J connectivity index is 1.60. The molecule has 1 aliphatic heterocycles. The number of cyclic esters (lactones) is 1. The van der Waals surface area contributed by atoms with Gasteiger partial charge in [0.15, 0.2) is 17.2 Å². The lowest BCUT2D eigenvalue weighted by Gasteiger charge is -2.13. The minimum atomic E-state index is -0.617. The molecule has 1 aliphatic rings. The van der Waals surface area contributed by atoms with Gasteiger partial charge < -0.3 is 14.2 Å². The van der Waals surface area contributed by atoms with Crippen LogP contribution < -0.4 is 9.47 Å². The van der Waals surface area contributed by atoms with Crippen LogP contribution in [0.1, 0.15) is 16.7 Å². The molecule has 33 heavy (non-hydrogen) atoms. The first-order valence-corrected chi connectivity index (χ1v) is 11.1. The maximum Gasteiger partial charge on any atom is 0.363 e. The van der Waals surface area contributed by atoms with Crippen molar-refractivity contribution >= 4 is 64.3 Å². The maximum absolute atomic E-state index is 12.4. The van der Waals surface area contributed by atoms with Crippen molar-refractivity contribution in [3.05, 3.63) is 97.1 Å². The summed E-state index contributed by atoms with van der Waals surface area (Å²) in [6, 6.07) is 15.4. The van der Waals surface area contributed by atoms with Gasteiger partial charge in [-0.1, -0.05) is 58.5 Å². The van der Waals surface area contributed by atoms with Crippen LogP contribution in [0.4, 0.5) is 0 Å². The van der Waals surface area contributed by atoms with E-state index in [1.165, 1.54) is 13.2 Å². The van der Waals surface area contributed by atoms with Crippen molar-refractivity contribution in [2.24, 2.45) is 4.99 Å². The molecule has 0 saturated heterocycles. The van der Waals surface area contributed by atoms with Gasteiger partial charge in [-0.15, -0.1) is 0 Å². The zero-order valence-electron chi connectivity index (χ0n) is 17.1. The Labute approximate surface area is 210 Å². The molecular formula is C24H15Cl4NO4. The predicted octanol–water partition coefficient (Wildman–Crippen LogP) is 7.23. The molecule has 168 valence electrons. The summed E-state index contributed by atoms with van der Waals surface area (Å²) in [7, 11) is 1.50. The van der Waals surface area contributed by atoms with E-state index in [4.69, 9.17) is 60.6 Å². The first-order chi connectivity index (χ1) is 15.8. The van der Waals surface area contributed by atoms with Crippen LogP contribution in [0.15, 0.2) is 65.3 Å². The van der Waals surface area contributed by atoms with Crippen LogP contribution in [-0.2, 0) is 16.1 Å². The smallest absolute Gasteiger partial charge is 0.363 e. The highest BCUT2D eigenvalue weighted by Gasteiger charge is 2.26. The maximum atomic E-state index is 12.4. The fraction of sp³-hybridized carbons (Fsp3) is 0.0833. The van der Waals surface area contributed by atoms with Gasteiger partial charge in [-0.05, 0) is 59.7 Å². The molecule has 5 nitrogen and oxygen atoms in total. The minimum Gasteiger partial charge on any atom is -0.493 e. The van der Waals surface area contributed by atoms with Crippen molar-refractivity contribution in [2.75, 3.05) is 7.11 Å². The summed E-state index contributed by atoms with van der Waals surface area (Å²) in [5, 5.41) is 1.74. The summed E-state index contributed by atoms with van der Waals surface area (Å²) in [6.07, 6.45) is 1.54. The van der Waals surface area contributed by atoms with E-state index in [0.717, 1.165) is 5.56 Å². The fourth-order valence-corrected chi connectivity index (χ4v) is 3.93. The molecule has 0 radical (unpaired) electrons. The Bertz CT molecular complexity index is 1290. The van der Waals surface area contributed by atoms with Gasteiger partial charge in [0.25, 0.3) is 0 Å². The largest absolute Gasteiger partial charge is 0.493 e. The van der Waals surface area contributed by atoms with Crippen LogP contribution >= 0.6 is 46.4 Å². The van der Waals surface area contributed by atoms with E-state index in [0.29, 0.717) is 42.7 Å². The number of ether oxygens (including phenoxy) is 3. The minimum absolute atomic E-state index is 0.0870. The van der Waals surface area contributed by atoms with E-state index in [1.54, 1.807) is 42.5 Å². The second kappa shape index (κ2) is 10.1. The molecular weight excluding hydrogens is 508 g/mol. The Morgan fingerprint density at radius 1 is 0.939 bits per heavy atom. The summed E-state index contributed by atoms with van der Waals surface area (Å²) in [5.74, 6) is 0.255. The van der Waals surface area contributed by atoms with Gasteiger partial charge >= 0.3 is 5.97 Å². The standard InChI is InChI=1S/C24H15Cl4NO4/c1-31-21-10-14(8-19(28)22(21)32-12-13-2-4-15(25)5-3-13)9-20-24(30)33-23(29-20)17-7-6-16(26)11-18(17)27/h2-11H,12H2,1H3/b20-9-. The highest BCUT2D eigenvalue weighted by molar-refractivity contribution is 6.37. The van der Waals surface area contributed by atoms with E-state index in [9.17, 15) is 4.79 Å². The normalized spacial score (nSPS) is 14.3. The first-order valence-electron chi connectivity index (χ1n) is 9.57. The molecule has 3 aromatic rings. The number of hydrogen-bond acceptors (Lipinski definition) is 5. The third-order valence-corrected chi connectivity index (χ3v) is 5.71.